The van der Waals surface area contributed by atoms with Crippen LogP contribution in [-0.2, 0) is 0 Å². The van der Waals surface area contributed by atoms with Gasteiger partial charge in [0.15, 0.2) is 0 Å². The molecule has 1 N–H and O–H groups in total. The van der Waals surface area contributed by atoms with Gasteiger partial charge in [0, 0.05) is 5.56 Å². The van der Waals surface area contributed by atoms with E-state index in [1.54, 1.807) is 0 Å². The maximum Gasteiger partial charge on any atom is 0.131 e. The molecule has 1 aromatic carbocycles. The van der Waals surface area contributed by atoms with Crippen LogP contribution in [0.1, 0.15) is 50.3 Å². The molecule has 21 heavy (non-hydrogen) atoms. The van der Waals surface area contributed by atoms with Crippen molar-refractivity contribution in [1.82, 2.24) is 4.90 Å². The van der Waals surface area contributed by atoms with Crippen LogP contribution < -0.4 is 4.74 Å². The molecular weight excluding hydrogens is 264 g/mol. The Morgan fingerprint density at radius 2 is 2.00 bits per heavy atom. The van der Waals surface area contributed by atoms with Gasteiger partial charge in [0.05, 0.1) is 17.7 Å². The molecule has 2 heterocycles. The number of nitriles is 1. The van der Waals surface area contributed by atoms with E-state index in [2.05, 4.69) is 11.0 Å². The maximum atomic E-state index is 10.8. The van der Waals surface area contributed by atoms with E-state index in [1.165, 1.54) is 6.42 Å². The Labute approximate surface area is 125 Å². The maximum absolute atomic E-state index is 10.8. The van der Waals surface area contributed by atoms with Crippen LogP contribution in [0.2, 0.25) is 0 Å². The summed E-state index contributed by atoms with van der Waals surface area (Å²) in [5, 5.41) is 20.3. The zero-order valence-electron chi connectivity index (χ0n) is 12.7. The van der Waals surface area contributed by atoms with Gasteiger partial charge in [0.2, 0.25) is 0 Å². The zero-order chi connectivity index (χ0) is 15.0. The van der Waals surface area contributed by atoms with Crippen LogP contribution in [0.5, 0.6) is 5.75 Å². The quantitative estimate of drug-likeness (QED) is 0.862. The molecule has 4 nitrogen and oxygen atoms in total. The van der Waals surface area contributed by atoms with Crippen molar-refractivity contribution in [2.75, 3.05) is 13.1 Å². The van der Waals surface area contributed by atoms with Crippen LogP contribution >= 0.6 is 0 Å². The van der Waals surface area contributed by atoms with Crippen LogP contribution in [0.25, 0.3) is 0 Å². The molecule has 0 bridgehead atoms. The largest absolute Gasteiger partial charge is 0.485 e. The molecule has 0 aromatic heterocycles. The Morgan fingerprint density at radius 3 is 2.67 bits per heavy atom. The predicted molar refractivity (Wildman–Crippen MR) is 80.0 cm³/mol. The van der Waals surface area contributed by atoms with Crippen molar-refractivity contribution in [3.8, 4) is 11.8 Å². The van der Waals surface area contributed by atoms with Crippen LogP contribution in [0.15, 0.2) is 18.2 Å². The Kier molecular flexibility index (Phi) is 3.64. The molecule has 2 atom stereocenters. The van der Waals surface area contributed by atoms with Gasteiger partial charge in [-0.25, -0.2) is 0 Å². The number of aliphatic hydroxyl groups is 1. The molecule has 0 amide bonds. The lowest BCUT2D eigenvalue weighted by Gasteiger charge is -2.47. The summed E-state index contributed by atoms with van der Waals surface area (Å²) in [6.07, 6.45) is 2.90. The smallest absolute Gasteiger partial charge is 0.131 e. The highest BCUT2D eigenvalue weighted by molar-refractivity contribution is 5.51. The average molecular weight is 286 g/mol. The van der Waals surface area contributed by atoms with Crippen molar-refractivity contribution in [3.63, 3.8) is 0 Å². The van der Waals surface area contributed by atoms with Crippen molar-refractivity contribution in [2.24, 2.45) is 0 Å². The Hall–Kier alpha value is -1.57. The van der Waals surface area contributed by atoms with Gasteiger partial charge in [-0.2, -0.15) is 5.26 Å². The third-order valence-corrected chi connectivity index (χ3v) is 4.65. The predicted octanol–water partition coefficient (Wildman–Crippen LogP) is 2.62. The topological polar surface area (TPSA) is 56.5 Å². The molecule has 112 valence electrons. The fourth-order valence-corrected chi connectivity index (χ4v) is 3.50. The molecule has 0 radical (unpaired) electrons. The number of nitrogens with zero attached hydrogens (tertiary/aromatic N) is 2. The lowest BCUT2D eigenvalue weighted by Crippen LogP contribution is -2.54. The van der Waals surface area contributed by atoms with Crippen LogP contribution in [0, 0.1) is 11.3 Å². The van der Waals surface area contributed by atoms with Crippen molar-refractivity contribution >= 4 is 0 Å². The summed E-state index contributed by atoms with van der Waals surface area (Å²) in [6.45, 7) is 5.77. The van der Waals surface area contributed by atoms with E-state index in [9.17, 15) is 10.4 Å². The summed E-state index contributed by atoms with van der Waals surface area (Å²) in [5.74, 6) is 0.736. The molecule has 4 heteroatoms. The minimum atomic E-state index is -0.650. The average Bonchev–Trinajstić information content (AvgIpc) is 2.48. The van der Waals surface area contributed by atoms with Crippen LogP contribution in [0.3, 0.4) is 0 Å². The first kappa shape index (κ1) is 14.4. The standard InChI is InChI=1S/C17H22N2O2/c1-17(2)16(20)15(19-9-4-3-5-10-19)14-12(11-18)7-6-8-13(14)21-17/h6-8,15-16,20H,3-5,9-10H2,1-2H3/t15-,16+/m1/s1. The molecule has 2 aliphatic rings. The van der Waals surface area contributed by atoms with E-state index in [1.807, 2.05) is 32.0 Å². The van der Waals surface area contributed by atoms with Gasteiger partial charge in [-0.05, 0) is 51.9 Å². The van der Waals surface area contributed by atoms with E-state index in [-0.39, 0.29) is 6.04 Å². The summed E-state index contributed by atoms with van der Waals surface area (Å²) < 4.78 is 5.97. The van der Waals surface area contributed by atoms with E-state index >= 15 is 0 Å². The minimum Gasteiger partial charge on any atom is -0.485 e. The first-order valence-corrected chi connectivity index (χ1v) is 7.69. The molecule has 2 aliphatic heterocycles. The third-order valence-electron chi connectivity index (χ3n) is 4.65. The van der Waals surface area contributed by atoms with Crippen molar-refractivity contribution in [3.05, 3.63) is 29.3 Å². The van der Waals surface area contributed by atoms with Crippen LogP contribution in [0.4, 0.5) is 0 Å². The van der Waals surface area contributed by atoms with Gasteiger partial charge >= 0.3 is 0 Å². The highest BCUT2D eigenvalue weighted by atomic mass is 16.5. The van der Waals surface area contributed by atoms with Gasteiger partial charge in [0.1, 0.15) is 17.5 Å². The second kappa shape index (κ2) is 5.32. The van der Waals surface area contributed by atoms with Crippen LogP contribution in [-0.4, -0.2) is 34.8 Å². The van der Waals surface area contributed by atoms with Gasteiger partial charge in [-0.3, -0.25) is 4.90 Å². The van der Waals surface area contributed by atoms with Gasteiger partial charge in [0.25, 0.3) is 0 Å². The van der Waals surface area contributed by atoms with E-state index < -0.39 is 11.7 Å². The Morgan fingerprint density at radius 1 is 1.29 bits per heavy atom. The minimum absolute atomic E-state index is 0.153. The second-order valence-electron chi connectivity index (χ2n) is 6.52. The number of benzene rings is 1. The summed E-state index contributed by atoms with van der Waals surface area (Å²) >= 11 is 0. The number of likely N-dealkylation sites (tertiary alicyclic amines) is 1. The molecule has 0 spiro atoms. The van der Waals surface area contributed by atoms with Gasteiger partial charge in [-0.1, -0.05) is 12.5 Å². The number of piperidine rings is 1. The zero-order valence-corrected chi connectivity index (χ0v) is 12.7. The second-order valence-corrected chi connectivity index (χ2v) is 6.52. The van der Waals surface area contributed by atoms with Gasteiger partial charge < -0.3 is 9.84 Å². The summed E-state index contributed by atoms with van der Waals surface area (Å²) in [6, 6.07) is 7.66. The summed E-state index contributed by atoms with van der Waals surface area (Å²) in [5.41, 5.74) is 0.815. The molecule has 0 aliphatic carbocycles. The Balaban J connectivity index is 2.10. The highest BCUT2D eigenvalue weighted by Gasteiger charge is 2.46. The van der Waals surface area contributed by atoms with Crippen molar-refractivity contribution < 1.29 is 9.84 Å². The molecule has 0 saturated carbocycles. The molecule has 0 unspecified atom stereocenters. The van der Waals surface area contributed by atoms with Gasteiger partial charge in [-0.15, -0.1) is 0 Å². The number of ether oxygens (including phenoxy) is 1. The normalized spacial score (nSPS) is 28.3. The molecular formula is C17H22N2O2. The molecule has 1 aromatic rings. The number of aliphatic hydroxyl groups excluding tert-OH is 1. The SMILES string of the molecule is CC1(C)Oc2cccc(C#N)c2[C@@H](N2CCCCC2)[C@@H]1O. The number of fused-ring (bicyclic) bond motifs is 1. The number of hydrogen-bond acceptors (Lipinski definition) is 4. The first-order valence-electron chi connectivity index (χ1n) is 7.69. The lowest BCUT2D eigenvalue weighted by molar-refractivity contribution is -0.0962. The fraction of sp³-hybridized carbons (Fsp3) is 0.588. The summed E-state index contributed by atoms with van der Waals surface area (Å²) in [7, 11) is 0. The van der Waals surface area contributed by atoms with E-state index in [4.69, 9.17) is 4.74 Å². The lowest BCUT2D eigenvalue weighted by atomic mass is 9.83. The van der Waals surface area contributed by atoms with Crippen molar-refractivity contribution in [2.45, 2.75) is 50.9 Å². The molecule has 3 rings (SSSR count). The monoisotopic (exact) mass is 286 g/mol. The highest BCUT2D eigenvalue weighted by Crippen LogP contribution is 2.44. The van der Waals surface area contributed by atoms with E-state index in [0.29, 0.717) is 5.56 Å². The molecule has 1 saturated heterocycles. The third kappa shape index (κ3) is 2.41. The molecule has 1 fully saturated rings. The first-order chi connectivity index (χ1) is 10.0. The summed E-state index contributed by atoms with van der Waals surface area (Å²) in [4.78, 5) is 2.32. The fourth-order valence-electron chi connectivity index (χ4n) is 3.50. The number of rotatable bonds is 1. The number of hydrogen-bond donors (Lipinski definition) is 1. The Bertz CT molecular complexity index is 571. The van der Waals surface area contributed by atoms with E-state index in [0.717, 1.165) is 37.2 Å². The van der Waals surface area contributed by atoms with Crippen molar-refractivity contribution in [1.29, 1.82) is 5.26 Å².